The minimum atomic E-state index is 0.818. The molecule has 2 aliphatic rings. The van der Waals surface area contributed by atoms with Crippen LogP contribution in [0.25, 0.3) is 0 Å². The Labute approximate surface area is 126 Å². The number of benzene rings is 1. The van der Waals surface area contributed by atoms with E-state index in [1.807, 2.05) is 12.1 Å². The van der Waals surface area contributed by atoms with E-state index in [1.54, 1.807) is 0 Å². The molecule has 3 nitrogen and oxygen atoms in total. The highest BCUT2D eigenvalue weighted by atomic mass is 35.5. The fraction of sp³-hybridized carbons (Fsp3) is 0.625. The summed E-state index contributed by atoms with van der Waals surface area (Å²) in [5, 5.41) is 4.27. The molecule has 0 saturated carbocycles. The van der Waals surface area contributed by atoms with Crippen molar-refractivity contribution in [3.8, 4) is 0 Å². The highest BCUT2D eigenvalue weighted by Crippen LogP contribution is 2.20. The molecule has 0 amide bonds. The van der Waals surface area contributed by atoms with Gasteiger partial charge in [0, 0.05) is 43.4 Å². The van der Waals surface area contributed by atoms with Gasteiger partial charge in [-0.3, -0.25) is 4.90 Å². The SMILES string of the molecule is Clc1ccc(N2CCN(CC3CCNCC3)CC2)cc1. The molecule has 0 bridgehead atoms. The van der Waals surface area contributed by atoms with Crippen LogP contribution in [0.2, 0.25) is 5.02 Å². The smallest absolute Gasteiger partial charge is 0.0407 e. The van der Waals surface area contributed by atoms with Crippen LogP contribution in [0.15, 0.2) is 24.3 Å². The van der Waals surface area contributed by atoms with Gasteiger partial charge >= 0.3 is 0 Å². The van der Waals surface area contributed by atoms with E-state index < -0.39 is 0 Å². The van der Waals surface area contributed by atoms with E-state index in [0.29, 0.717) is 0 Å². The predicted octanol–water partition coefficient (Wildman–Crippen LogP) is 2.46. The Morgan fingerprint density at radius 1 is 1.00 bits per heavy atom. The lowest BCUT2D eigenvalue weighted by atomic mass is 9.97. The van der Waals surface area contributed by atoms with Gasteiger partial charge < -0.3 is 10.2 Å². The lowest BCUT2D eigenvalue weighted by Crippen LogP contribution is -2.48. The van der Waals surface area contributed by atoms with Gasteiger partial charge in [0.1, 0.15) is 0 Å². The van der Waals surface area contributed by atoms with Gasteiger partial charge in [-0.15, -0.1) is 0 Å². The lowest BCUT2D eigenvalue weighted by Gasteiger charge is -2.38. The molecule has 0 spiro atoms. The quantitative estimate of drug-likeness (QED) is 0.924. The number of piperazine rings is 1. The molecule has 110 valence electrons. The molecule has 2 heterocycles. The summed E-state index contributed by atoms with van der Waals surface area (Å²) >= 11 is 5.95. The molecular formula is C16H24ClN3. The standard InChI is InChI=1S/C16H24ClN3/c17-15-1-3-16(4-2-15)20-11-9-19(10-12-20)13-14-5-7-18-8-6-14/h1-4,14,18H,5-13H2. The average Bonchev–Trinajstić information content (AvgIpc) is 2.50. The second-order valence-electron chi connectivity index (χ2n) is 5.96. The van der Waals surface area contributed by atoms with Crippen molar-refractivity contribution in [3.63, 3.8) is 0 Å². The minimum Gasteiger partial charge on any atom is -0.369 e. The van der Waals surface area contributed by atoms with Crippen molar-refractivity contribution >= 4 is 17.3 Å². The number of rotatable bonds is 3. The van der Waals surface area contributed by atoms with Gasteiger partial charge in [0.2, 0.25) is 0 Å². The Hall–Kier alpha value is -0.770. The monoisotopic (exact) mass is 293 g/mol. The zero-order valence-electron chi connectivity index (χ0n) is 12.0. The summed E-state index contributed by atoms with van der Waals surface area (Å²) in [6, 6.07) is 8.23. The van der Waals surface area contributed by atoms with Gasteiger partial charge in [-0.1, -0.05) is 11.6 Å². The first-order valence-electron chi connectivity index (χ1n) is 7.75. The van der Waals surface area contributed by atoms with Crippen molar-refractivity contribution in [1.29, 1.82) is 0 Å². The Morgan fingerprint density at radius 2 is 1.65 bits per heavy atom. The molecule has 4 heteroatoms. The van der Waals surface area contributed by atoms with E-state index in [4.69, 9.17) is 11.6 Å². The molecule has 1 N–H and O–H groups in total. The van der Waals surface area contributed by atoms with Crippen molar-refractivity contribution in [2.75, 3.05) is 50.7 Å². The van der Waals surface area contributed by atoms with Crippen LogP contribution in [-0.4, -0.2) is 50.7 Å². The molecule has 2 fully saturated rings. The molecule has 2 aliphatic heterocycles. The summed E-state index contributed by atoms with van der Waals surface area (Å²) in [7, 11) is 0. The molecular weight excluding hydrogens is 270 g/mol. The van der Waals surface area contributed by atoms with Crippen LogP contribution >= 0.6 is 11.6 Å². The van der Waals surface area contributed by atoms with Crippen LogP contribution in [0, 0.1) is 5.92 Å². The van der Waals surface area contributed by atoms with Gasteiger partial charge in [0.05, 0.1) is 0 Å². The average molecular weight is 294 g/mol. The topological polar surface area (TPSA) is 18.5 Å². The van der Waals surface area contributed by atoms with Crippen molar-refractivity contribution in [3.05, 3.63) is 29.3 Å². The minimum absolute atomic E-state index is 0.818. The third kappa shape index (κ3) is 3.66. The summed E-state index contributed by atoms with van der Waals surface area (Å²) in [5.74, 6) is 0.901. The summed E-state index contributed by atoms with van der Waals surface area (Å²) in [5.41, 5.74) is 1.30. The predicted molar refractivity (Wildman–Crippen MR) is 85.7 cm³/mol. The molecule has 2 saturated heterocycles. The van der Waals surface area contributed by atoms with Crippen LogP contribution < -0.4 is 10.2 Å². The second kappa shape index (κ2) is 6.79. The largest absolute Gasteiger partial charge is 0.369 e. The summed E-state index contributed by atoms with van der Waals surface area (Å²) in [4.78, 5) is 5.11. The number of piperidine rings is 1. The van der Waals surface area contributed by atoms with Crippen LogP contribution in [0.1, 0.15) is 12.8 Å². The van der Waals surface area contributed by atoms with Crippen LogP contribution in [-0.2, 0) is 0 Å². The van der Waals surface area contributed by atoms with Crippen LogP contribution in [0.5, 0.6) is 0 Å². The Balaban J connectivity index is 1.47. The zero-order valence-corrected chi connectivity index (χ0v) is 12.8. The lowest BCUT2D eigenvalue weighted by molar-refractivity contribution is 0.196. The molecule has 0 atom stereocenters. The maximum Gasteiger partial charge on any atom is 0.0407 e. The van der Waals surface area contributed by atoms with Crippen molar-refractivity contribution < 1.29 is 0 Å². The fourth-order valence-electron chi connectivity index (χ4n) is 3.27. The summed E-state index contributed by atoms with van der Waals surface area (Å²) in [6.07, 6.45) is 2.69. The molecule has 3 rings (SSSR count). The van der Waals surface area contributed by atoms with Gasteiger partial charge in [0.25, 0.3) is 0 Å². The highest BCUT2D eigenvalue weighted by Gasteiger charge is 2.21. The van der Waals surface area contributed by atoms with E-state index in [0.717, 1.165) is 24.0 Å². The summed E-state index contributed by atoms with van der Waals surface area (Å²) < 4.78 is 0. The molecule has 1 aromatic rings. The maximum absolute atomic E-state index is 5.95. The number of anilines is 1. The van der Waals surface area contributed by atoms with Gasteiger partial charge in [-0.25, -0.2) is 0 Å². The van der Waals surface area contributed by atoms with Gasteiger partial charge in [-0.2, -0.15) is 0 Å². The van der Waals surface area contributed by atoms with Crippen molar-refractivity contribution in [1.82, 2.24) is 10.2 Å². The second-order valence-corrected chi connectivity index (χ2v) is 6.39. The number of nitrogens with one attached hydrogen (secondary N) is 1. The zero-order chi connectivity index (χ0) is 13.8. The number of halogens is 1. The molecule has 0 aliphatic carbocycles. The van der Waals surface area contributed by atoms with Crippen LogP contribution in [0.3, 0.4) is 0 Å². The number of hydrogen-bond donors (Lipinski definition) is 1. The molecule has 20 heavy (non-hydrogen) atoms. The molecule has 0 unspecified atom stereocenters. The third-order valence-corrected chi connectivity index (χ3v) is 4.79. The number of hydrogen-bond acceptors (Lipinski definition) is 3. The van der Waals surface area contributed by atoms with E-state index in [1.165, 1.54) is 51.3 Å². The Kier molecular flexibility index (Phi) is 4.81. The maximum atomic E-state index is 5.95. The normalized spacial score (nSPS) is 22.1. The van der Waals surface area contributed by atoms with Crippen molar-refractivity contribution in [2.45, 2.75) is 12.8 Å². The van der Waals surface area contributed by atoms with E-state index in [9.17, 15) is 0 Å². The Bertz CT molecular complexity index is 406. The molecule has 0 radical (unpaired) electrons. The van der Waals surface area contributed by atoms with E-state index >= 15 is 0 Å². The van der Waals surface area contributed by atoms with Crippen molar-refractivity contribution in [2.24, 2.45) is 5.92 Å². The first-order chi connectivity index (χ1) is 9.81. The van der Waals surface area contributed by atoms with E-state index in [-0.39, 0.29) is 0 Å². The van der Waals surface area contributed by atoms with E-state index in [2.05, 4.69) is 27.2 Å². The fourth-order valence-corrected chi connectivity index (χ4v) is 3.40. The first-order valence-corrected chi connectivity index (χ1v) is 8.12. The third-order valence-electron chi connectivity index (χ3n) is 4.54. The van der Waals surface area contributed by atoms with Gasteiger partial charge in [-0.05, 0) is 56.1 Å². The first kappa shape index (κ1) is 14.2. The van der Waals surface area contributed by atoms with Gasteiger partial charge in [0.15, 0.2) is 0 Å². The highest BCUT2D eigenvalue weighted by molar-refractivity contribution is 6.30. The molecule has 0 aromatic heterocycles. The summed E-state index contributed by atoms with van der Waals surface area (Å²) in [6.45, 7) is 8.33. The number of nitrogens with zero attached hydrogens (tertiary/aromatic N) is 2. The Morgan fingerprint density at radius 3 is 2.30 bits per heavy atom. The molecule has 1 aromatic carbocycles. The van der Waals surface area contributed by atoms with Crippen LogP contribution in [0.4, 0.5) is 5.69 Å².